The average molecular weight is 781 g/mol. The number of imidazole rings is 2. The van der Waals surface area contributed by atoms with Gasteiger partial charge < -0.3 is 0 Å². The molecule has 0 aliphatic heterocycles. The SMILES string of the molecule is CC#Cc1ccc2nc3c4ccc5c6ccc7c(=O)n8c9cc(C#CCCCCCCCCCCCCC)ccc9nc8c8ccc(c9ccc(c(=O)n3c2c1)c4c95)c6c78. The molecule has 292 valence electrons. The Kier molecular flexibility index (Phi) is 8.78. The molecule has 0 atom stereocenters. The van der Waals surface area contributed by atoms with Gasteiger partial charge in [0, 0.05) is 49.9 Å². The largest absolute Gasteiger partial charge is 0.268 e. The van der Waals surface area contributed by atoms with Crippen LogP contribution in [0.4, 0.5) is 0 Å². The summed E-state index contributed by atoms with van der Waals surface area (Å²) in [4.78, 5) is 39.0. The molecule has 0 aliphatic carbocycles. The molecule has 0 saturated heterocycles. The van der Waals surface area contributed by atoms with E-state index in [-0.39, 0.29) is 11.1 Å². The highest BCUT2D eigenvalue weighted by molar-refractivity contribution is 6.40. The molecule has 60 heavy (non-hydrogen) atoms. The third-order valence-electron chi connectivity index (χ3n) is 13.0. The Bertz CT molecular complexity index is 3740. The number of hydrogen-bond donors (Lipinski definition) is 0. The molecule has 0 bridgehead atoms. The van der Waals surface area contributed by atoms with Crippen LogP contribution < -0.4 is 11.1 Å². The number of unbranched alkanes of at least 4 members (excludes halogenated alkanes) is 11. The van der Waals surface area contributed by atoms with E-state index in [0.717, 1.165) is 99.9 Å². The molecule has 0 fully saturated rings. The number of aromatic nitrogens is 4. The molecule has 0 N–H and O–H groups in total. The molecule has 0 unspecified atom stereocenters. The lowest BCUT2D eigenvalue weighted by molar-refractivity contribution is 0.551. The van der Waals surface area contributed by atoms with Gasteiger partial charge in [0.25, 0.3) is 11.1 Å². The second kappa shape index (κ2) is 14.5. The minimum absolute atomic E-state index is 0.0802. The first-order valence-electron chi connectivity index (χ1n) is 21.8. The van der Waals surface area contributed by atoms with Crippen LogP contribution in [0.15, 0.2) is 94.5 Å². The van der Waals surface area contributed by atoms with Crippen molar-refractivity contribution >= 4 is 98.0 Å². The Morgan fingerprint density at radius 3 is 1.33 bits per heavy atom. The lowest BCUT2D eigenvalue weighted by atomic mass is 9.86. The molecule has 4 aromatic heterocycles. The topological polar surface area (TPSA) is 68.7 Å². The van der Waals surface area contributed by atoms with E-state index in [2.05, 4.69) is 67.0 Å². The minimum Gasteiger partial charge on any atom is -0.268 e. The van der Waals surface area contributed by atoms with Crippen molar-refractivity contribution in [3.8, 4) is 23.7 Å². The Hall–Kier alpha value is -6.76. The zero-order valence-corrected chi connectivity index (χ0v) is 34.2. The predicted molar refractivity (Wildman–Crippen MR) is 251 cm³/mol. The van der Waals surface area contributed by atoms with Crippen LogP contribution in [-0.2, 0) is 0 Å². The highest BCUT2D eigenvalue weighted by Crippen LogP contribution is 2.45. The van der Waals surface area contributed by atoms with Gasteiger partial charge >= 0.3 is 0 Å². The molecular formula is C54H44N4O2. The van der Waals surface area contributed by atoms with Crippen molar-refractivity contribution in [2.45, 2.75) is 90.9 Å². The van der Waals surface area contributed by atoms with Crippen LogP contribution in [0.2, 0.25) is 0 Å². The van der Waals surface area contributed by atoms with Crippen molar-refractivity contribution in [3.63, 3.8) is 0 Å². The number of benzene rings is 7. The Morgan fingerprint density at radius 2 is 0.867 bits per heavy atom. The number of rotatable bonds is 11. The van der Waals surface area contributed by atoms with Crippen molar-refractivity contribution in [2.24, 2.45) is 0 Å². The minimum atomic E-state index is -0.0932. The molecule has 11 aromatic rings. The molecule has 6 heteroatoms. The van der Waals surface area contributed by atoms with Crippen molar-refractivity contribution in [1.29, 1.82) is 0 Å². The third kappa shape index (κ3) is 5.51. The summed E-state index contributed by atoms with van der Waals surface area (Å²) in [7, 11) is 0. The summed E-state index contributed by atoms with van der Waals surface area (Å²) < 4.78 is 3.52. The summed E-state index contributed by atoms with van der Waals surface area (Å²) in [5, 5.41) is 11.3. The fraction of sp³-hybridized carbons (Fsp3) is 0.259. The third-order valence-corrected chi connectivity index (χ3v) is 13.0. The Morgan fingerprint density at radius 1 is 0.467 bits per heavy atom. The highest BCUT2D eigenvalue weighted by Gasteiger charge is 2.24. The summed E-state index contributed by atoms with van der Waals surface area (Å²) in [5.74, 6) is 12.9. The first-order chi connectivity index (χ1) is 29.6. The van der Waals surface area contributed by atoms with Crippen LogP contribution in [0.3, 0.4) is 0 Å². The molecule has 0 radical (unpaired) electrons. The van der Waals surface area contributed by atoms with Gasteiger partial charge in [0.15, 0.2) is 0 Å². The van der Waals surface area contributed by atoms with E-state index in [1.807, 2.05) is 55.5 Å². The van der Waals surface area contributed by atoms with E-state index < -0.39 is 0 Å². The molecule has 0 amide bonds. The molecular weight excluding hydrogens is 737 g/mol. The molecule has 11 rings (SSSR count). The summed E-state index contributed by atoms with van der Waals surface area (Å²) in [6.45, 7) is 4.08. The molecule has 0 spiro atoms. The highest BCUT2D eigenvalue weighted by atomic mass is 16.1. The first kappa shape index (κ1) is 36.3. The number of fused-ring (bicyclic) bond motifs is 10. The van der Waals surface area contributed by atoms with Gasteiger partial charge in [-0.2, -0.15) is 0 Å². The monoisotopic (exact) mass is 780 g/mol. The molecule has 0 aliphatic rings. The van der Waals surface area contributed by atoms with E-state index in [9.17, 15) is 9.59 Å². The van der Waals surface area contributed by atoms with Gasteiger partial charge in [-0.25, -0.2) is 9.97 Å². The van der Waals surface area contributed by atoms with Gasteiger partial charge in [-0.05, 0) is 106 Å². The molecule has 6 nitrogen and oxygen atoms in total. The summed E-state index contributed by atoms with van der Waals surface area (Å²) in [6.07, 6.45) is 15.4. The lowest BCUT2D eigenvalue weighted by Crippen LogP contribution is -2.14. The smallest absolute Gasteiger partial charge is 0.264 e. The summed E-state index contributed by atoms with van der Waals surface area (Å²) >= 11 is 0. The average Bonchev–Trinajstić information content (AvgIpc) is 3.85. The lowest BCUT2D eigenvalue weighted by Gasteiger charge is -2.18. The molecule has 4 heterocycles. The fourth-order valence-corrected chi connectivity index (χ4v) is 10.1. The van der Waals surface area contributed by atoms with Crippen LogP contribution in [-0.4, -0.2) is 18.8 Å². The van der Waals surface area contributed by atoms with Gasteiger partial charge in [0.1, 0.15) is 11.3 Å². The van der Waals surface area contributed by atoms with E-state index in [1.54, 1.807) is 8.80 Å². The van der Waals surface area contributed by atoms with Crippen molar-refractivity contribution in [3.05, 3.63) is 117 Å². The van der Waals surface area contributed by atoms with Gasteiger partial charge in [0.05, 0.1) is 22.1 Å². The fourth-order valence-electron chi connectivity index (χ4n) is 10.1. The van der Waals surface area contributed by atoms with Crippen molar-refractivity contribution in [2.75, 3.05) is 0 Å². The Labute approximate surface area is 346 Å². The second-order valence-electron chi connectivity index (χ2n) is 16.7. The predicted octanol–water partition coefficient (Wildman–Crippen LogP) is 12.7. The van der Waals surface area contributed by atoms with Crippen molar-refractivity contribution in [1.82, 2.24) is 18.8 Å². The van der Waals surface area contributed by atoms with Gasteiger partial charge in [-0.1, -0.05) is 113 Å². The number of hydrogen-bond acceptors (Lipinski definition) is 4. The maximum absolute atomic E-state index is 14.6. The van der Waals surface area contributed by atoms with Gasteiger partial charge in [0.2, 0.25) is 0 Å². The maximum Gasteiger partial charge on any atom is 0.264 e. The zero-order valence-electron chi connectivity index (χ0n) is 34.2. The summed E-state index contributed by atoms with van der Waals surface area (Å²) in [6, 6.07) is 28.5. The zero-order chi connectivity index (χ0) is 40.5. The Balaban J connectivity index is 0.973. The maximum atomic E-state index is 14.6. The second-order valence-corrected chi connectivity index (χ2v) is 16.7. The van der Waals surface area contributed by atoms with Crippen LogP contribution in [0.1, 0.15) is 102 Å². The number of nitrogens with zero attached hydrogens (tertiary/aromatic N) is 4. The van der Waals surface area contributed by atoms with E-state index in [4.69, 9.17) is 9.97 Å². The van der Waals surface area contributed by atoms with Gasteiger partial charge in [-0.15, -0.1) is 5.92 Å². The van der Waals surface area contributed by atoms with E-state index >= 15 is 0 Å². The quantitative estimate of drug-likeness (QED) is 0.0567. The molecule has 0 saturated carbocycles. The van der Waals surface area contributed by atoms with Crippen LogP contribution in [0.25, 0.3) is 98.0 Å². The summed E-state index contributed by atoms with van der Waals surface area (Å²) in [5.41, 5.74) is 5.96. The van der Waals surface area contributed by atoms with Crippen molar-refractivity contribution < 1.29 is 0 Å². The van der Waals surface area contributed by atoms with Crippen LogP contribution >= 0.6 is 0 Å². The van der Waals surface area contributed by atoms with E-state index in [0.29, 0.717) is 22.1 Å². The normalized spacial score (nSPS) is 12.2. The van der Waals surface area contributed by atoms with E-state index in [1.165, 1.54) is 64.2 Å². The van der Waals surface area contributed by atoms with Crippen LogP contribution in [0, 0.1) is 23.7 Å². The number of pyridine rings is 2. The standard InChI is InChI=1S/C54H44N4O2/c1-3-5-6-7-8-9-10-11-12-13-14-15-16-18-34-20-30-44-46(32-34)58-52(56-44)40-26-22-36-37-23-27-41-49-39(51-55-43-29-19-33(17-4-2)31-45(43)57(51)53(41)59)25-21-35(47(37)49)38-24-28-42(54(58)60)50(40)48(36)38/h19-32H,3,5-15H2,1-2H3. The molecule has 7 aromatic carbocycles. The van der Waals surface area contributed by atoms with Gasteiger partial charge in [-0.3, -0.25) is 18.4 Å². The van der Waals surface area contributed by atoms with Crippen LogP contribution in [0.5, 0.6) is 0 Å². The first-order valence-corrected chi connectivity index (χ1v) is 21.8.